The van der Waals surface area contributed by atoms with E-state index in [1.807, 2.05) is 0 Å². The first-order valence-electron chi connectivity index (χ1n) is 8.83. The summed E-state index contributed by atoms with van der Waals surface area (Å²) in [5.41, 5.74) is 6.13. The molecule has 0 aromatic heterocycles. The van der Waals surface area contributed by atoms with Crippen LogP contribution in [0.3, 0.4) is 0 Å². The first kappa shape index (κ1) is 23.2. The molecule has 2 rings (SSSR count). The number of nitrogens with two attached hydrogens (primary N) is 1. The third kappa shape index (κ3) is 5.28. The van der Waals surface area contributed by atoms with E-state index in [4.69, 9.17) is 25.1 Å². The molecule has 1 heterocycles. The zero-order chi connectivity index (χ0) is 21.8. The molecular weight excluding hydrogens is 390 g/mol. The first-order chi connectivity index (χ1) is 13.6. The van der Waals surface area contributed by atoms with Crippen LogP contribution in [0.4, 0.5) is 0 Å². The van der Waals surface area contributed by atoms with Crippen molar-refractivity contribution in [3.05, 3.63) is 29.8 Å². The third-order valence-electron chi connectivity index (χ3n) is 4.56. The Morgan fingerprint density at radius 3 is 2.59 bits per heavy atom. The second-order valence-corrected chi connectivity index (χ2v) is 6.72. The van der Waals surface area contributed by atoms with Gasteiger partial charge in [-0.1, -0.05) is 18.2 Å². The zero-order valence-electron chi connectivity index (χ0n) is 15.7. The lowest BCUT2D eigenvalue weighted by molar-refractivity contribution is -0.312. The summed E-state index contributed by atoms with van der Waals surface area (Å²) in [6.45, 7) is 0.000431. The molecule has 29 heavy (non-hydrogen) atoms. The standard InChI is InChI=1S/C18H25NO10/c1-9(21)28-13-5-3-2-4-10(13)8-27-18(17(25)26)6-11(22)14(19)16(29-18)15(24)12(23)7-20/h2-5,11-12,14-16,20,22-24H,6-8,19H2,1H3,(H,25,26)/t11-,12?,14+,15?,16+,18?/m0/s1. The lowest BCUT2D eigenvalue weighted by atomic mass is 9.89. The van der Waals surface area contributed by atoms with Gasteiger partial charge in [0.15, 0.2) is 0 Å². The summed E-state index contributed by atoms with van der Waals surface area (Å²) in [7, 11) is 0. The zero-order valence-corrected chi connectivity index (χ0v) is 15.7. The van der Waals surface area contributed by atoms with E-state index >= 15 is 0 Å². The summed E-state index contributed by atoms with van der Waals surface area (Å²) < 4.78 is 15.9. The van der Waals surface area contributed by atoms with Gasteiger partial charge in [-0.15, -0.1) is 0 Å². The minimum absolute atomic E-state index is 0.154. The van der Waals surface area contributed by atoms with Crippen LogP contribution < -0.4 is 10.5 Å². The second-order valence-electron chi connectivity index (χ2n) is 6.72. The van der Waals surface area contributed by atoms with Gasteiger partial charge in [-0.05, 0) is 6.07 Å². The maximum absolute atomic E-state index is 11.9. The molecule has 1 saturated heterocycles. The quantitative estimate of drug-likeness (QED) is 0.205. The van der Waals surface area contributed by atoms with E-state index in [0.717, 1.165) is 0 Å². The number of carbonyl (C=O) groups excluding carboxylic acids is 1. The number of carbonyl (C=O) groups is 2. The highest BCUT2D eigenvalue weighted by atomic mass is 16.7. The largest absolute Gasteiger partial charge is 0.477 e. The Balaban J connectivity index is 2.27. The van der Waals surface area contributed by atoms with Gasteiger partial charge in [-0.3, -0.25) is 4.79 Å². The molecule has 3 unspecified atom stereocenters. The van der Waals surface area contributed by atoms with Gasteiger partial charge in [-0.25, -0.2) is 4.79 Å². The summed E-state index contributed by atoms with van der Waals surface area (Å²) in [5.74, 6) is -4.42. The predicted molar refractivity (Wildman–Crippen MR) is 95.5 cm³/mol. The van der Waals surface area contributed by atoms with Crippen molar-refractivity contribution < 1.29 is 49.3 Å². The van der Waals surface area contributed by atoms with Gasteiger partial charge in [0, 0.05) is 18.9 Å². The van der Waals surface area contributed by atoms with E-state index in [2.05, 4.69) is 0 Å². The van der Waals surface area contributed by atoms with Gasteiger partial charge >= 0.3 is 11.9 Å². The summed E-state index contributed by atoms with van der Waals surface area (Å²) in [5, 5.41) is 48.8. The van der Waals surface area contributed by atoms with Crippen LogP contribution >= 0.6 is 0 Å². The Labute approximate surface area is 166 Å². The molecule has 1 aliphatic heterocycles. The minimum atomic E-state index is -2.40. The fourth-order valence-corrected chi connectivity index (χ4v) is 2.97. The number of esters is 1. The summed E-state index contributed by atoms with van der Waals surface area (Å²) in [4.78, 5) is 23.2. The molecule has 11 heteroatoms. The smallest absolute Gasteiger partial charge is 0.364 e. The molecule has 11 nitrogen and oxygen atoms in total. The molecule has 1 aromatic rings. The van der Waals surface area contributed by atoms with Crippen LogP contribution in [0.1, 0.15) is 18.9 Å². The molecule has 1 aliphatic rings. The van der Waals surface area contributed by atoms with Gasteiger partial charge in [0.25, 0.3) is 5.79 Å². The van der Waals surface area contributed by atoms with E-state index < -0.39 is 61.2 Å². The Morgan fingerprint density at radius 2 is 2.00 bits per heavy atom. The predicted octanol–water partition coefficient (Wildman–Crippen LogP) is -1.90. The topological polar surface area (TPSA) is 189 Å². The monoisotopic (exact) mass is 415 g/mol. The third-order valence-corrected chi connectivity index (χ3v) is 4.56. The Bertz CT molecular complexity index is 728. The van der Waals surface area contributed by atoms with Crippen molar-refractivity contribution in [3.63, 3.8) is 0 Å². The minimum Gasteiger partial charge on any atom is -0.477 e. The molecule has 1 fully saturated rings. The number of aliphatic hydroxyl groups is 4. The number of hydrogen-bond donors (Lipinski definition) is 6. The number of carboxylic acid groups (broad SMARTS) is 1. The Morgan fingerprint density at radius 1 is 1.34 bits per heavy atom. The number of carboxylic acids is 1. The van der Waals surface area contributed by atoms with Gasteiger partial charge in [0.1, 0.15) is 24.1 Å². The average molecular weight is 415 g/mol. The van der Waals surface area contributed by atoms with Gasteiger partial charge in [0.2, 0.25) is 0 Å². The van der Waals surface area contributed by atoms with Gasteiger partial charge in [-0.2, -0.15) is 0 Å². The highest BCUT2D eigenvalue weighted by molar-refractivity contribution is 5.76. The number of para-hydroxylation sites is 1. The van der Waals surface area contributed by atoms with Gasteiger partial charge in [0.05, 0.1) is 25.4 Å². The fraction of sp³-hybridized carbons (Fsp3) is 0.556. The summed E-state index contributed by atoms with van der Waals surface area (Å²) >= 11 is 0. The van der Waals surface area contributed by atoms with Crippen LogP contribution in [-0.4, -0.2) is 80.3 Å². The van der Waals surface area contributed by atoms with E-state index in [1.165, 1.54) is 13.0 Å². The fourth-order valence-electron chi connectivity index (χ4n) is 2.97. The van der Waals surface area contributed by atoms with E-state index in [9.17, 15) is 30.0 Å². The van der Waals surface area contributed by atoms with E-state index in [0.29, 0.717) is 5.56 Å². The van der Waals surface area contributed by atoms with Crippen molar-refractivity contribution in [1.29, 1.82) is 0 Å². The van der Waals surface area contributed by atoms with Crippen LogP contribution in [0.25, 0.3) is 0 Å². The van der Waals surface area contributed by atoms with Crippen LogP contribution in [0.2, 0.25) is 0 Å². The van der Waals surface area contributed by atoms with Crippen LogP contribution in [0.15, 0.2) is 24.3 Å². The number of hydrogen-bond acceptors (Lipinski definition) is 10. The van der Waals surface area contributed by atoms with Crippen molar-refractivity contribution >= 4 is 11.9 Å². The van der Waals surface area contributed by atoms with Crippen molar-refractivity contribution in [1.82, 2.24) is 0 Å². The molecule has 7 N–H and O–H groups in total. The molecule has 0 saturated carbocycles. The number of aliphatic hydroxyl groups excluding tert-OH is 4. The molecule has 0 bridgehead atoms. The van der Waals surface area contributed by atoms with Crippen LogP contribution in [0, 0.1) is 0 Å². The Hall–Kier alpha value is -2.12. The lowest BCUT2D eigenvalue weighted by Gasteiger charge is -2.45. The highest BCUT2D eigenvalue weighted by Gasteiger charge is 2.54. The Kier molecular flexibility index (Phi) is 7.66. The summed E-state index contributed by atoms with van der Waals surface area (Å²) in [6, 6.07) is 5.02. The number of aliphatic carboxylic acids is 1. The van der Waals surface area contributed by atoms with E-state index in [1.54, 1.807) is 18.2 Å². The highest BCUT2D eigenvalue weighted by Crippen LogP contribution is 2.34. The second kappa shape index (κ2) is 9.59. The van der Waals surface area contributed by atoms with Crippen molar-refractivity contribution in [2.24, 2.45) is 5.73 Å². The number of ether oxygens (including phenoxy) is 3. The molecule has 6 atom stereocenters. The van der Waals surface area contributed by atoms with Crippen molar-refractivity contribution in [2.75, 3.05) is 6.61 Å². The number of benzene rings is 1. The molecular formula is C18H25NO10. The maximum atomic E-state index is 11.9. The molecule has 162 valence electrons. The molecule has 0 spiro atoms. The molecule has 0 aliphatic carbocycles. The van der Waals surface area contributed by atoms with Crippen LogP contribution in [0.5, 0.6) is 5.75 Å². The molecule has 1 aromatic carbocycles. The summed E-state index contributed by atoms with van der Waals surface area (Å²) in [6.07, 6.45) is -7.00. The molecule has 0 amide bonds. The normalized spacial score (nSPS) is 29.1. The first-order valence-corrected chi connectivity index (χ1v) is 8.83. The SMILES string of the molecule is CC(=O)Oc1ccccc1COC1(C(=O)O)C[C@H](O)[C@@H](N)[C@H](C(O)C(O)CO)O1. The lowest BCUT2D eigenvalue weighted by Crippen LogP contribution is -2.66. The van der Waals surface area contributed by atoms with Crippen LogP contribution in [-0.2, 0) is 25.7 Å². The van der Waals surface area contributed by atoms with Crippen molar-refractivity contribution in [3.8, 4) is 5.75 Å². The average Bonchev–Trinajstić information content (AvgIpc) is 2.68. The number of rotatable bonds is 8. The van der Waals surface area contributed by atoms with E-state index in [-0.39, 0.29) is 12.4 Å². The van der Waals surface area contributed by atoms with Gasteiger partial charge < -0.3 is 45.5 Å². The molecule has 0 radical (unpaired) electrons. The maximum Gasteiger partial charge on any atom is 0.364 e. The van der Waals surface area contributed by atoms with Crippen molar-refractivity contribution in [2.45, 2.75) is 56.2 Å².